The summed E-state index contributed by atoms with van der Waals surface area (Å²) in [7, 11) is 0. The van der Waals surface area contributed by atoms with Crippen LogP contribution >= 0.6 is 0 Å². The average Bonchev–Trinajstić information content (AvgIpc) is 2.58. The first kappa shape index (κ1) is 19.0. The number of hydrogen-bond donors (Lipinski definition) is 2. The molecule has 0 aliphatic rings. The summed E-state index contributed by atoms with van der Waals surface area (Å²) in [6, 6.07) is 13.5. The van der Waals surface area contributed by atoms with Gasteiger partial charge in [0.25, 0.3) is 0 Å². The van der Waals surface area contributed by atoms with Crippen LogP contribution in [-0.2, 0) is 17.4 Å². The molecule has 0 heterocycles. The fourth-order valence-electron chi connectivity index (χ4n) is 2.53. The second-order valence-corrected chi connectivity index (χ2v) is 6.01. The summed E-state index contributed by atoms with van der Waals surface area (Å²) >= 11 is 0. The van der Waals surface area contributed by atoms with E-state index in [2.05, 4.69) is 5.32 Å². The summed E-state index contributed by atoms with van der Waals surface area (Å²) in [6.07, 6.45) is -4.01. The van der Waals surface area contributed by atoms with Crippen LogP contribution in [0.4, 0.5) is 13.2 Å². The van der Waals surface area contributed by atoms with E-state index in [9.17, 15) is 23.1 Å². The quantitative estimate of drug-likeness (QED) is 0.790. The molecule has 0 aromatic heterocycles. The topological polar surface area (TPSA) is 49.3 Å². The van der Waals surface area contributed by atoms with Crippen molar-refractivity contribution in [2.75, 3.05) is 6.54 Å². The molecule has 134 valence electrons. The number of hydrogen-bond acceptors (Lipinski definition) is 2. The zero-order valence-electron chi connectivity index (χ0n) is 13.8. The minimum Gasteiger partial charge on any atom is -0.480 e. The predicted molar refractivity (Wildman–Crippen MR) is 89.4 cm³/mol. The van der Waals surface area contributed by atoms with Crippen LogP contribution < -0.4 is 5.32 Å². The van der Waals surface area contributed by atoms with Crippen molar-refractivity contribution >= 4 is 5.97 Å². The minimum absolute atomic E-state index is 0.111. The van der Waals surface area contributed by atoms with Crippen molar-refractivity contribution in [2.45, 2.75) is 31.5 Å². The third-order valence-corrected chi connectivity index (χ3v) is 4.06. The molecule has 2 aromatic carbocycles. The van der Waals surface area contributed by atoms with Gasteiger partial charge in [-0.1, -0.05) is 49.4 Å². The first-order valence-electron chi connectivity index (χ1n) is 7.94. The standard InChI is InChI=1S/C19H20F3NO2/c1-13(15-7-9-16(10-8-15)19(20,21)22)12-23-17(18(24)25)11-14-5-3-2-4-6-14/h2-10,13,17,23H,11-12H2,1H3,(H,24,25)/t13?,17-/m0/s1. The third kappa shape index (κ3) is 5.60. The molecular formula is C19H20F3NO2. The Morgan fingerprint density at radius 1 is 1.08 bits per heavy atom. The SMILES string of the molecule is CC(CN[C@@H](Cc1ccccc1)C(=O)O)c1ccc(C(F)(F)F)cc1. The number of rotatable bonds is 7. The molecule has 0 saturated heterocycles. The molecule has 25 heavy (non-hydrogen) atoms. The molecule has 0 radical (unpaired) electrons. The number of carboxylic acids is 1. The van der Waals surface area contributed by atoms with E-state index in [4.69, 9.17) is 0 Å². The van der Waals surface area contributed by atoms with E-state index in [0.717, 1.165) is 23.3 Å². The van der Waals surface area contributed by atoms with E-state index >= 15 is 0 Å². The van der Waals surface area contributed by atoms with Gasteiger partial charge in [0.2, 0.25) is 0 Å². The summed E-state index contributed by atoms with van der Waals surface area (Å²) in [5.74, 6) is -1.07. The number of benzene rings is 2. The van der Waals surface area contributed by atoms with Crippen molar-refractivity contribution in [3.63, 3.8) is 0 Å². The lowest BCUT2D eigenvalue weighted by Crippen LogP contribution is -2.40. The molecule has 2 N–H and O–H groups in total. The van der Waals surface area contributed by atoms with Crippen molar-refractivity contribution in [1.29, 1.82) is 0 Å². The number of carboxylic acid groups (broad SMARTS) is 1. The van der Waals surface area contributed by atoms with Gasteiger partial charge in [-0.25, -0.2) is 0 Å². The fraction of sp³-hybridized carbons (Fsp3) is 0.316. The Bertz CT molecular complexity index is 684. The van der Waals surface area contributed by atoms with Gasteiger partial charge in [-0.15, -0.1) is 0 Å². The van der Waals surface area contributed by atoms with Gasteiger partial charge in [0.15, 0.2) is 0 Å². The zero-order valence-corrected chi connectivity index (χ0v) is 13.8. The van der Waals surface area contributed by atoms with Gasteiger partial charge in [-0.3, -0.25) is 4.79 Å². The molecule has 0 fully saturated rings. The summed E-state index contributed by atoms with van der Waals surface area (Å²) in [5.41, 5.74) is 0.942. The van der Waals surface area contributed by atoms with Gasteiger partial charge in [-0.2, -0.15) is 13.2 Å². The number of aliphatic carboxylic acids is 1. The largest absolute Gasteiger partial charge is 0.480 e. The van der Waals surface area contributed by atoms with Crippen LogP contribution in [0, 0.1) is 0 Å². The second-order valence-electron chi connectivity index (χ2n) is 6.01. The second kappa shape index (κ2) is 8.16. The van der Waals surface area contributed by atoms with Gasteiger partial charge in [-0.05, 0) is 35.6 Å². The molecule has 1 unspecified atom stereocenters. The maximum Gasteiger partial charge on any atom is 0.416 e. The Morgan fingerprint density at radius 2 is 1.68 bits per heavy atom. The van der Waals surface area contributed by atoms with E-state index in [1.165, 1.54) is 12.1 Å². The van der Waals surface area contributed by atoms with E-state index in [-0.39, 0.29) is 5.92 Å². The van der Waals surface area contributed by atoms with Crippen LogP contribution in [-0.4, -0.2) is 23.7 Å². The van der Waals surface area contributed by atoms with Crippen molar-refractivity contribution in [1.82, 2.24) is 5.32 Å². The maximum absolute atomic E-state index is 12.6. The zero-order chi connectivity index (χ0) is 18.4. The molecular weight excluding hydrogens is 331 g/mol. The van der Waals surface area contributed by atoms with E-state index in [1.807, 2.05) is 37.3 Å². The Hall–Kier alpha value is -2.34. The lowest BCUT2D eigenvalue weighted by molar-refractivity contribution is -0.139. The van der Waals surface area contributed by atoms with Crippen molar-refractivity contribution < 1.29 is 23.1 Å². The smallest absolute Gasteiger partial charge is 0.416 e. The highest BCUT2D eigenvalue weighted by atomic mass is 19.4. The highest BCUT2D eigenvalue weighted by Gasteiger charge is 2.30. The molecule has 0 aliphatic carbocycles. The molecule has 0 aliphatic heterocycles. The van der Waals surface area contributed by atoms with Crippen LogP contribution in [0.1, 0.15) is 29.5 Å². The van der Waals surface area contributed by atoms with Gasteiger partial charge in [0.1, 0.15) is 6.04 Å². The molecule has 2 rings (SSSR count). The lowest BCUT2D eigenvalue weighted by Gasteiger charge is -2.19. The van der Waals surface area contributed by atoms with Crippen molar-refractivity contribution in [3.8, 4) is 0 Å². The number of alkyl halides is 3. The lowest BCUT2D eigenvalue weighted by atomic mass is 9.98. The van der Waals surface area contributed by atoms with Gasteiger partial charge < -0.3 is 10.4 Å². The summed E-state index contributed by atoms with van der Waals surface area (Å²) in [5, 5.41) is 12.3. The number of halogens is 3. The average molecular weight is 351 g/mol. The molecule has 2 atom stereocenters. The van der Waals surface area contributed by atoms with Crippen LogP contribution in [0.2, 0.25) is 0 Å². The van der Waals surface area contributed by atoms with Gasteiger partial charge in [0, 0.05) is 6.54 Å². The first-order valence-corrected chi connectivity index (χ1v) is 7.94. The van der Waals surface area contributed by atoms with Gasteiger partial charge >= 0.3 is 12.1 Å². The van der Waals surface area contributed by atoms with Crippen LogP contribution in [0.25, 0.3) is 0 Å². The highest BCUT2D eigenvalue weighted by molar-refractivity contribution is 5.73. The monoisotopic (exact) mass is 351 g/mol. The molecule has 0 bridgehead atoms. The molecule has 6 heteroatoms. The van der Waals surface area contributed by atoms with E-state index in [0.29, 0.717) is 13.0 Å². The van der Waals surface area contributed by atoms with Crippen LogP contribution in [0.15, 0.2) is 54.6 Å². The Morgan fingerprint density at radius 3 is 2.20 bits per heavy atom. The first-order chi connectivity index (χ1) is 11.8. The molecule has 0 spiro atoms. The summed E-state index contributed by atoms with van der Waals surface area (Å²) < 4.78 is 37.8. The van der Waals surface area contributed by atoms with Gasteiger partial charge in [0.05, 0.1) is 5.56 Å². The minimum atomic E-state index is -4.36. The van der Waals surface area contributed by atoms with Crippen molar-refractivity contribution in [2.24, 2.45) is 0 Å². The van der Waals surface area contributed by atoms with E-state index in [1.54, 1.807) is 0 Å². The predicted octanol–water partition coefficient (Wildman–Crippen LogP) is 4.09. The molecule has 0 amide bonds. The van der Waals surface area contributed by atoms with Crippen molar-refractivity contribution in [3.05, 3.63) is 71.3 Å². The number of nitrogens with one attached hydrogen (secondary N) is 1. The number of carbonyl (C=O) groups is 1. The summed E-state index contributed by atoms with van der Waals surface area (Å²) in [4.78, 5) is 11.4. The molecule has 2 aromatic rings. The third-order valence-electron chi connectivity index (χ3n) is 4.06. The normalized spacial score (nSPS) is 14.1. The Kier molecular flexibility index (Phi) is 6.20. The Labute approximate surface area is 144 Å². The maximum atomic E-state index is 12.6. The fourth-order valence-corrected chi connectivity index (χ4v) is 2.53. The molecule has 0 saturated carbocycles. The molecule has 3 nitrogen and oxygen atoms in total. The van der Waals surface area contributed by atoms with Crippen LogP contribution in [0.5, 0.6) is 0 Å². The summed E-state index contributed by atoms with van der Waals surface area (Å²) in [6.45, 7) is 2.20. The van der Waals surface area contributed by atoms with E-state index < -0.39 is 23.8 Å². The van der Waals surface area contributed by atoms with Crippen LogP contribution in [0.3, 0.4) is 0 Å². The Balaban J connectivity index is 1.96. The highest BCUT2D eigenvalue weighted by Crippen LogP contribution is 2.30.